The van der Waals surface area contributed by atoms with Gasteiger partial charge >= 0.3 is 6.09 Å². The van der Waals surface area contributed by atoms with Crippen LogP contribution in [-0.2, 0) is 4.74 Å². The van der Waals surface area contributed by atoms with Gasteiger partial charge in [-0.1, -0.05) is 12.5 Å². The summed E-state index contributed by atoms with van der Waals surface area (Å²) in [4.78, 5) is 20.8. The minimum absolute atomic E-state index is 0.223. The lowest BCUT2D eigenvalue weighted by Gasteiger charge is -2.36. The zero-order chi connectivity index (χ0) is 17.9. The number of ether oxygens (including phenoxy) is 1. The van der Waals surface area contributed by atoms with Gasteiger partial charge in [0.05, 0.1) is 0 Å². The summed E-state index contributed by atoms with van der Waals surface area (Å²) in [5.74, 6) is 0.989. The summed E-state index contributed by atoms with van der Waals surface area (Å²) >= 11 is 0. The molecule has 0 aliphatic carbocycles. The van der Waals surface area contributed by atoms with Crippen molar-refractivity contribution in [3.63, 3.8) is 0 Å². The molecule has 0 saturated carbocycles. The standard InChI is InChI=1S/C19H30N4O2/c1-19(2,3)25-18(24)23-12-10-22(11-13-23)17-8-7-15(14-21-17)16-6-4-5-9-20-16/h7-8,14,16,20H,4-6,9-13H2,1-3H3/t16-/m0/s1. The van der Waals surface area contributed by atoms with Crippen LogP contribution in [-0.4, -0.2) is 54.3 Å². The molecule has 0 radical (unpaired) electrons. The van der Waals surface area contributed by atoms with E-state index in [4.69, 9.17) is 4.74 Å². The summed E-state index contributed by atoms with van der Waals surface area (Å²) < 4.78 is 5.45. The van der Waals surface area contributed by atoms with Gasteiger partial charge in [0.1, 0.15) is 11.4 Å². The number of nitrogens with zero attached hydrogens (tertiary/aromatic N) is 3. The highest BCUT2D eigenvalue weighted by Crippen LogP contribution is 2.24. The molecule has 1 atom stereocenters. The van der Waals surface area contributed by atoms with Crippen molar-refractivity contribution in [3.05, 3.63) is 23.9 Å². The van der Waals surface area contributed by atoms with E-state index in [0.717, 1.165) is 25.5 Å². The maximum Gasteiger partial charge on any atom is 0.410 e. The van der Waals surface area contributed by atoms with Crippen LogP contribution in [0.2, 0.25) is 0 Å². The molecule has 2 aliphatic heterocycles. The van der Waals surface area contributed by atoms with Gasteiger partial charge in [0, 0.05) is 38.4 Å². The third-order valence-electron chi connectivity index (χ3n) is 4.74. The molecule has 0 spiro atoms. The minimum Gasteiger partial charge on any atom is -0.444 e. The molecule has 6 heteroatoms. The fourth-order valence-electron chi connectivity index (χ4n) is 3.37. The molecular weight excluding hydrogens is 316 g/mol. The molecular formula is C19H30N4O2. The van der Waals surface area contributed by atoms with Gasteiger partial charge in [0.2, 0.25) is 0 Å². The highest BCUT2D eigenvalue weighted by atomic mass is 16.6. The number of carbonyl (C=O) groups excluding carboxylic acids is 1. The Morgan fingerprint density at radius 3 is 2.52 bits per heavy atom. The number of nitrogens with one attached hydrogen (secondary N) is 1. The lowest BCUT2D eigenvalue weighted by atomic mass is 9.99. The fourth-order valence-corrected chi connectivity index (χ4v) is 3.37. The summed E-state index contributed by atoms with van der Waals surface area (Å²) in [5.41, 5.74) is 0.828. The van der Waals surface area contributed by atoms with Crippen molar-refractivity contribution in [2.45, 2.75) is 51.7 Å². The highest BCUT2D eigenvalue weighted by Gasteiger charge is 2.26. The number of rotatable bonds is 2. The molecule has 2 aliphatic rings. The Balaban J connectivity index is 1.53. The number of aromatic nitrogens is 1. The van der Waals surface area contributed by atoms with E-state index in [2.05, 4.69) is 27.3 Å². The zero-order valence-electron chi connectivity index (χ0n) is 15.6. The first kappa shape index (κ1) is 18.0. The molecule has 3 heterocycles. The van der Waals surface area contributed by atoms with Crippen LogP contribution < -0.4 is 10.2 Å². The third-order valence-corrected chi connectivity index (χ3v) is 4.74. The zero-order valence-corrected chi connectivity index (χ0v) is 15.6. The van der Waals surface area contributed by atoms with E-state index >= 15 is 0 Å². The molecule has 1 aromatic rings. The summed E-state index contributed by atoms with van der Waals surface area (Å²) in [5, 5.41) is 3.56. The number of hydrogen-bond acceptors (Lipinski definition) is 5. The Hall–Kier alpha value is -1.82. The first-order valence-electron chi connectivity index (χ1n) is 9.34. The molecule has 2 saturated heterocycles. The lowest BCUT2D eigenvalue weighted by molar-refractivity contribution is 0.0240. The van der Waals surface area contributed by atoms with E-state index in [9.17, 15) is 4.79 Å². The molecule has 25 heavy (non-hydrogen) atoms. The van der Waals surface area contributed by atoms with Crippen molar-refractivity contribution in [3.8, 4) is 0 Å². The molecule has 138 valence electrons. The Morgan fingerprint density at radius 1 is 1.20 bits per heavy atom. The van der Waals surface area contributed by atoms with Gasteiger partial charge in [-0.25, -0.2) is 9.78 Å². The van der Waals surface area contributed by atoms with Crippen LogP contribution in [0.15, 0.2) is 18.3 Å². The molecule has 0 unspecified atom stereocenters. The first-order chi connectivity index (χ1) is 11.9. The number of piperazine rings is 1. The van der Waals surface area contributed by atoms with Crippen molar-refractivity contribution in [2.75, 3.05) is 37.6 Å². The predicted molar refractivity (Wildman–Crippen MR) is 98.9 cm³/mol. The molecule has 0 aromatic carbocycles. The maximum atomic E-state index is 12.1. The lowest BCUT2D eigenvalue weighted by Crippen LogP contribution is -2.50. The second-order valence-electron chi connectivity index (χ2n) is 7.91. The topological polar surface area (TPSA) is 57.7 Å². The Kier molecular flexibility index (Phi) is 5.47. The summed E-state index contributed by atoms with van der Waals surface area (Å²) in [6.45, 7) is 9.69. The molecule has 1 aromatic heterocycles. The summed E-state index contributed by atoms with van der Waals surface area (Å²) in [7, 11) is 0. The van der Waals surface area contributed by atoms with Crippen LogP contribution in [0.3, 0.4) is 0 Å². The van der Waals surface area contributed by atoms with Gasteiger partial charge in [0.15, 0.2) is 0 Å². The minimum atomic E-state index is -0.446. The second kappa shape index (κ2) is 7.60. The van der Waals surface area contributed by atoms with E-state index in [0.29, 0.717) is 19.1 Å². The monoisotopic (exact) mass is 346 g/mol. The molecule has 1 amide bonds. The van der Waals surface area contributed by atoms with Crippen molar-refractivity contribution in [1.29, 1.82) is 0 Å². The molecule has 2 fully saturated rings. The van der Waals surface area contributed by atoms with Crippen LogP contribution in [0.4, 0.5) is 10.6 Å². The maximum absolute atomic E-state index is 12.1. The van der Waals surface area contributed by atoms with Gasteiger partial charge in [-0.05, 0) is 51.8 Å². The Morgan fingerprint density at radius 2 is 1.96 bits per heavy atom. The van der Waals surface area contributed by atoms with Crippen LogP contribution >= 0.6 is 0 Å². The second-order valence-corrected chi connectivity index (χ2v) is 7.91. The number of pyridine rings is 1. The first-order valence-corrected chi connectivity index (χ1v) is 9.34. The van der Waals surface area contributed by atoms with Crippen LogP contribution in [0.1, 0.15) is 51.6 Å². The third kappa shape index (κ3) is 4.84. The largest absolute Gasteiger partial charge is 0.444 e. The molecule has 6 nitrogen and oxygen atoms in total. The number of hydrogen-bond donors (Lipinski definition) is 1. The Labute approximate surface area is 150 Å². The quantitative estimate of drug-likeness (QED) is 0.892. The van der Waals surface area contributed by atoms with Crippen LogP contribution in [0.5, 0.6) is 0 Å². The highest BCUT2D eigenvalue weighted by molar-refractivity contribution is 5.68. The molecule has 0 bridgehead atoms. The van der Waals surface area contributed by atoms with Gasteiger partial charge in [-0.3, -0.25) is 0 Å². The Bertz CT molecular complexity index is 568. The van der Waals surface area contributed by atoms with Gasteiger partial charge in [-0.15, -0.1) is 0 Å². The van der Waals surface area contributed by atoms with Crippen LogP contribution in [0.25, 0.3) is 0 Å². The average molecular weight is 346 g/mol. The molecule has 1 N–H and O–H groups in total. The predicted octanol–water partition coefficient (Wildman–Crippen LogP) is 2.95. The molecule has 3 rings (SSSR count). The van der Waals surface area contributed by atoms with E-state index in [1.54, 1.807) is 4.90 Å². The van der Waals surface area contributed by atoms with Crippen molar-refractivity contribution < 1.29 is 9.53 Å². The number of carbonyl (C=O) groups is 1. The summed E-state index contributed by atoms with van der Waals surface area (Å²) in [6, 6.07) is 4.74. The number of piperidine rings is 1. The van der Waals surface area contributed by atoms with Crippen LogP contribution in [0, 0.1) is 0 Å². The van der Waals surface area contributed by atoms with E-state index in [-0.39, 0.29) is 6.09 Å². The van der Waals surface area contributed by atoms with Gasteiger partial charge in [-0.2, -0.15) is 0 Å². The van der Waals surface area contributed by atoms with E-state index < -0.39 is 5.60 Å². The number of anilines is 1. The average Bonchev–Trinajstić information content (AvgIpc) is 2.61. The fraction of sp³-hybridized carbons (Fsp3) is 0.684. The summed E-state index contributed by atoms with van der Waals surface area (Å²) in [6.07, 6.45) is 5.52. The van der Waals surface area contributed by atoms with Crippen molar-refractivity contribution >= 4 is 11.9 Å². The van der Waals surface area contributed by atoms with Crippen molar-refractivity contribution in [2.24, 2.45) is 0 Å². The van der Waals surface area contributed by atoms with E-state index in [1.165, 1.54) is 24.8 Å². The SMILES string of the molecule is CC(C)(C)OC(=O)N1CCN(c2ccc([C@@H]3CCCCN3)cn2)CC1. The van der Waals surface area contributed by atoms with Gasteiger partial charge < -0.3 is 19.9 Å². The van der Waals surface area contributed by atoms with Gasteiger partial charge in [0.25, 0.3) is 0 Å². The normalized spacial score (nSPS) is 22.0. The van der Waals surface area contributed by atoms with E-state index in [1.807, 2.05) is 27.0 Å². The van der Waals surface area contributed by atoms with Crippen molar-refractivity contribution in [1.82, 2.24) is 15.2 Å². The smallest absolute Gasteiger partial charge is 0.410 e. The number of amides is 1.